The summed E-state index contributed by atoms with van der Waals surface area (Å²) in [5.41, 5.74) is 1.21. The molecule has 9 heteroatoms. The number of hydrogen-bond acceptors (Lipinski definition) is 5. The molecule has 28 heavy (non-hydrogen) atoms. The maximum absolute atomic E-state index is 13.1. The van der Waals surface area contributed by atoms with Crippen molar-refractivity contribution in [2.24, 2.45) is 0 Å². The van der Waals surface area contributed by atoms with E-state index in [2.05, 4.69) is 10.00 Å². The third-order valence-corrected chi connectivity index (χ3v) is 4.95. The van der Waals surface area contributed by atoms with Crippen molar-refractivity contribution < 1.29 is 14.1 Å². The predicted molar refractivity (Wildman–Crippen MR) is 102 cm³/mol. The number of aromatic nitrogens is 2. The molecule has 2 aromatic carbocycles. The van der Waals surface area contributed by atoms with Gasteiger partial charge in [-0.1, -0.05) is 12.1 Å². The molecular formula is C19H18FN5O3. The Bertz CT molecular complexity index is 1030. The van der Waals surface area contributed by atoms with E-state index < -0.39 is 4.92 Å². The zero-order valence-corrected chi connectivity index (χ0v) is 15.0. The van der Waals surface area contributed by atoms with E-state index in [4.69, 9.17) is 0 Å². The molecule has 8 nitrogen and oxygen atoms in total. The smallest absolute Gasteiger partial charge is 0.295 e. The summed E-state index contributed by atoms with van der Waals surface area (Å²) in [6, 6.07) is 11.0. The molecule has 0 bridgehead atoms. The van der Waals surface area contributed by atoms with E-state index in [0.717, 1.165) is 5.69 Å². The van der Waals surface area contributed by atoms with E-state index in [0.29, 0.717) is 37.1 Å². The number of anilines is 1. The Morgan fingerprint density at radius 1 is 1.11 bits per heavy atom. The molecule has 0 aliphatic carbocycles. The fourth-order valence-electron chi connectivity index (χ4n) is 3.49. The second-order valence-corrected chi connectivity index (χ2v) is 6.62. The van der Waals surface area contributed by atoms with Crippen LogP contribution in [0.3, 0.4) is 0 Å². The summed E-state index contributed by atoms with van der Waals surface area (Å²) in [5.74, 6) is -0.417. The first-order valence-corrected chi connectivity index (χ1v) is 8.90. The second-order valence-electron chi connectivity index (χ2n) is 6.62. The Kier molecular flexibility index (Phi) is 4.64. The molecule has 4 rings (SSSR count). The molecule has 2 heterocycles. The fraction of sp³-hybridized carbons (Fsp3) is 0.263. The standard InChI is InChI=1S/C19H18FN5O3/c20-15-4-6-16(7-5-15)22-8-10-23(11-9-22)18(26)13-24-19-14(12-21-24)2-1-3-17(19)25(27)28/h1-7,12H,8-11,13H2. The van der Waals surface area contributed by atoms with Crippen LogP contribution in [0, 0.1) is 15.9 Å². The van der Waals surface area contributed by atoms with Gasteiger partial charge in [-0.2, -0.15) is 5.10 Å². The number of amides is 1. The van der Waals surface area contributed by atoms with E-state index in [-0.39, 0.29) is 24.0 Å². The minimum absolute atomic E-state index is 0.0507. The minimum Gasteiger partial charge on any atom is -0.368 e. The van der Waals surface area contributed by atoms with Crippen LogP contribution in [0.2, 0.25) is 0 Å². The van der Waals surface area contributed by atoms with Crippen LogP contribution < -0.4 is 4.90 Å². The van der Waals surface area contributed by atoms with Gasteiger partial charge in [0.25, 0.3) is 5.69 Å². The number of halogens is 1. The Morgan fingerprint density at radius 3 is 2.50 bits per heavy atom. The lowest BCUT2D eigenvalue weighted by Gasteiger charge is -2.36. The summed E-state index contributed by atoms with van der Waals surface area (Å²) >= 11 is 0. The second kappa shape index (κ2) is 7.26. The summed E-state index contributed by atoms with van der Waals surface area (Å²) in [6.07, 6.45) is 1.53. The molecule has 1 aliphatic heterocycles. The largest absolute Gasteiger partial charge is 0.368 e. The SMILES string of the molecule is O=C(Cn1ncc2cccc([N+](=O)[O-])c21)N1CCN(c2ccc(F)cc2)CC1. The van der Waals surface area contributed by atoms with Gasteiger partial charge in [-0.05, 0) is 24.3 Å². The quantitative estimate of drug-likeness (QED) is 0.510. The lowest BCUT2D eigenvalue weighted by molar-refractivity contribution is -0.383. The number of fused-ring (bicyclic) bond motifs is 1. The van der Waals surface area contributed by atoms with E-state index in [1.54, 1.807) is 29.2 Å². The van der Waals surface area contributed by atoms with Gasteiger partial charge in [0.15, 0.2) is 0 Å². The molecule has 0 spiro atoms. The van der Waals surface area contributed by atoms with E-state index >= 15 is 0 Å². The molecule has 1 saturated heterocycles. The summed E-state index contributed by atoms with van der Waals surface area (Å²) in [4.78, 5) is 27.3. The van der Waals surface area contributed by atoms with E-state index in [9.17, 15) is 19.3 Å². The summed E-state index contributed by atoms with van der Waals surface area (Å²) in [5, 5.41) is 16.1. The number of carbonyl (C=O) groups is 1. The van der Waals surface area contributed by atoms with Crippen molar-refractivity contribution in [3.05, 3.63) is 64.6 Å². The van der Waals surface area contributed by atoms with Gasteiger partial charge in [0.1, 0.15) is 17.9 Å². The van der Waals surface area contributed by atoms with Gasteiger partial charge in [0.05, 0.1) is 11.1 Å². The average Bonchev–Trinajstić information content (AvgIpc) is 3.11. The number of piperazine rings is 1. The van der Waals surface area contributed by atoms with Crippen molar-refractivity contribution in [2.75, 3.05) is 31.1 Å². The van der Waals surface area contributed by atoms with Crippen LogP contribution in [0.4, 0.5) is 15.8 Å². The molecular weight excluding hydrogens is 365 g/mol. The van der Waals surface area contributed by atoms with Crippen LogP contribution in [-0.4, -0.2) is 51.7 Å². The summed E-state index contributed by atoms with van der Waals surface area (Å²) in [7, 11) is 0. The molecule has 1 aliphatic rings. The van der Waals surface area contributed by atoms with Gasteiger partial charge in [-0.25, -0.2) is 9.07 Å². The topological polar surface area (TPSA) is 84.5 Å². The molecule has 1 aromatic heterocycles. The number of nitro groups is 1. The first kappa shape index (κ1) is 17.9. The first-order valence-electron chi connectivity index (χ1n) is 8.90. The zero-order valence-electron chi connectivity index (χ0n) is 15.0. The third kappa shape index (κ3) is 3.38. The summed E-state index contributed by atoms with van der Waals surface area (Å²) < 4.78 is 14.5. The van der Waals surface area contributed by atoms with Crippen molar-refractivity contribution in [3.8, 4) is 0 Å². The van der Waals surface area contributed by atoms with Gasteiger partial charge in [0.2, 0.25) is 5.91 Å². The Labute approximate surface area is 159 Å². The highest BCUT2D eigenvalue weighted by molar-refractivity contribution is 5.88. The Morgan fingerprint density at radius 2 is 1.82 bits per heavy atom. The van der Waals surface area contributed by atoms with Crippen molar-refractivity contribution >= 4 is 28.2 Å². The minimum atomic E-state index is -0.466. The zero-order chi connectivity index (χ0) is 19.7. The highest BCUT2D eigenvalue weighted by Gasteiger charge is 2.24. The van der Waals surface area contributed by atoms with E-state index in [1.165, 1.54) is 29.1 Å². The number of hydrogen-bond donors (Lipinski definition) is 0. The number of para-hydroxylation sites is 1. The third-order valence-electron chi connectivity index (χ3n) is 4.95. The molecule has 1 fully saturated rings. The fourth-order valence-corrected chi connectivity index (χ4v) is 3.49. The molecule has 1 amide bonds. The number of carbonyl (C=O) groups excluding carboxylic acids is 1. The molecule has 0 unspecified atom stereocenters. The van der Waals surface area contributed by atoms with Crippen molar-refractivity contribution in [1.29, 1.82) is 0 Å². The molecule has 0 atom stereocenters. The normalized spacial score (nSPS) is 14.5. The van der Waals surface area contributed by atoms with Crippen LogP contribution >= 0.6 is 0 Å². The number of rotatable bonds is 4. The Balaban J connectivity index is 1.45. The molecule has 144 valence electrons. The van der Waals surface area contributed by atoms with Crippen LogP contribution in [0.1, 0.15) is 0 Å². The lowest BCUT2D eigenvalue weighted by atomic mass is 10.2. The monoisotopic (exact) mass is 383 g/mol. The average molecular weight is 383 g/mol. The van der Waals surface area contributed by atoms with Crippen LogP contribution in [-0.2, 0) is 11.3 Å². The van der Waals surface area contributed by atoms with Crippen molar-refractivity contribution in [3.63, 3.8) is 0 Å². The molecule has 3 aromatic rings. The Hall–Kier alpha value is -3.49. The van der Waals surface area contributed by atoms with Crippen molar-refractivity contribution in [1.82, 2.24) is 14.7 Å². The predicted octanol–water partition coefficient (Wildman–Crippen LogP) is 2.43. The van der Waals surface area contributed by atoms with Gasteiger partial charge < -0.3 is 9.80 Å². The van der Waals surface area contributed by atoms with Crippen LogP contribution in [0.15, 0.2) is 48.7 Å². The molecule has 0 N–H and O–H groups in total. The number of non-ortho nitro benzene ring substituents is 1. The molecule has 0 saturated carbocycles. The number of benzene rings is 2. The molecule has 0 radical (unpaired) electrons. The number of nitrogens with zero attached hydrogens (tertiary/aromatic N) is 5. The van der Waals surface area contributed by atoms with Crippen molar-refractivity contribution in [2.45, 2.75) is 6.54 Å². The van der Waals surface area contributed by atoms with Gasteiger partial charge >= 0.3 is 0 Å². The number of nitro benzene ring substituents is 1. The highest BCUT2D eigenvalue weighted by atomic mass is 19.1. The first-order chi connectivity index (χ1) is 13.5. The summed E-state index contributed by atoms with van der Waals surface area (Å²) in [6.45, 7) is 2.27. The van der Waals surface area contributed by atoms with Crippen LogP contribution in [0.25, 0.3) is 10.9 Å². The maximum atomic E-state index is 13.1. The lowest BCUT2D eigenvalue weighted by Crippen LogP contribution is -2.49. The van der Waals surface area contributed by atoms with Gasteiger partial charge in [-0.3, -0.25) is 14.9 Å². The maximum Gasteiger partial charge on any atom is 0.295 e. The van der Waals surface area contributed by atoms with Gasteiger partial charge in [-0.15, -0.1) is 0 Å². The van der Waals surface area contributed by atoms with Gasteiger partial charge in [0, 0.05) is 43.3 Å². The highest BCUT2D eigenvalue weighted by Crippen LogP contribution is 2.25. The van der Waals surface area contributed by atoms with E-state index in [1.807, 2.05) is 0 Å². The van der Waals surface area contributed by atoms with Crippen LogP contribution in [0.5, 0.6) is 0 Å².